The van der Waals surface area contributed by atoms with Crippen LogP contribution in [-0.2, 0) is 0 Å². The van der Waals surface area contributed by atoms with E-state index < -0.39 is 0 Å². The molecule has 15 rings (SSSR count). The first kappa shape index (κ1) is 39.5. The molecule has 0 atom stereocenters. The minimum absolute atomic E-state index is 0.291. The van der Waals surface area contributed by atoms with E-state index in [1.165, 1.54) is 76.8 Å². The number of halogens is 1. The van der Waals surface area contributed by atoms with E-state index in [-0.39, 0.29) is 5.82 Å². The van der Waals surface area contributed by atoms with Crippen LogP contribution in [-0.4, -0.2) is 9.97 Å². The SMILES string of the molecule is Fc1ccc(-c2cnc3c4ccc(N(c5ccccc5)c5cc6cccc7ccc8cccc5c8c76)cc4c4cc(N(c5ccccc5)c5cc6cccc7ccc8cccc5c8c76)ccc4c3n2)cc1. The Kier molecular flexibility index (Phi) is 8.51. The van der Waals surface area contributed by atoms with Gasteiger partial charge in [-0.3, -0.25) is 4.98 Å². The molecule has 0 saturated heterocycles. The topological polar surface area (TPSA) is 32.3 Å². The molecule has 0 radical (unpaired) electrons. The Balaban J connectivity index is 1.03. The van der Waals surface area contributed by atoms with E-state index in [1.807, 2.05) is 6.20 Å². The van der Waals surface area contributed by atoms with Crippen LogP contribution < -0.4 is 9.80 Å². The van der Waals surface area contributed by atoms with Crippen LogP contribution in [0, 0.1) is 5.82 Å². The molecule has 1 aromatic heterocycles. The van der Waals surface area contributed by atoms with Crippen molar-refractivity contribution < 1.29 is 4.39 Å². The molecule has 0 spiro atoms. The van der Waals surface area contributed by atoms with E-state index in [1.54, 1.807) is 12.1 Å². The lowest BCUT2D eigenvalue weighted by atomic mass is 9.92. The Morgan fingerprint density at radius 2 is 0.761 bits per heavy atom. The first-order valence-electron chi connectivity index (χ1n) is 24.1. The maximum atomic E-state index is 14.2. The second kappa shape index (κ2) is 15.3. The van der Waals surface area contributed by atoms with E-state index in [4.69, 9.17) is 9.97 Å². The van der Waals surface area contributed by atoms with Crippen molar-refractivity contribution in [2.24, 2.45) is 0 Å². The summed E-state index contributed by atoms with van der Waals surface area (Å²) in [6.45, 7) is 0. The van der Waals surface area contributed by atoms with Gasteiger partial charge in [0.15, 0.2) is 0 Å². The van der Waals surface area contributed by atoms with Gasteiger partial charge in [-0.2, -0.15) is 0 Å². The predicted octanol–water partition coefficient (Wildman–Crippen LogP) is 18.5. The van der Waals surface area contributed by atoms with Crippen molar-refractivity contribution >= 4 is 131 Å². The summed E-state index contributed by atoms with van der Waals surface area (Å²) in [5, 5.41) is 18.8. The molecule has 71 heavy (non-hydrogen) atoms. The number of anilines is 6. The zero-order chi connectivity index (χ0) is 46.7. The van der Waals surface area contributed by atoms with Crippen LogP contribution in [0.3, 0.4) is 0 Å². The van der Waals surface area contributed by atoms with E-state index in [0.717, 1.165) is 72.3 Å². The highest BCUT2D eigenvalue weighted by Gasteiger charge is 2.24. The molecule has 1 heterocycles. The monoisotopic (exact) mass is 906 g/mol. The summed E-state index contributed by atoms with van der Waals surface area (Å²) >= 11 is 0. The number of para-hydroxylation sites is 2. The molecule has 0 N–H and O–H groups in total. The van der Waals surface area contributed by atoms with Gasteiger partial charge < -0.3 is 9.80 Å². The zero-order valence-electron chi connectivity index (χ0n) is 38.2. The third-order valence-electron chi connectivity index (χ3n) is 14.7. The summed E-state index contributed by atoms with van der Waals surface area (Å²) in [5.74, 6) is -0.291. The molecule has 0 aliphatic rings. The van der Waals surface area contributed by atoms with Gasteiger partial charge in [-0.05, 0) is 150 Å². The lowest BCUT2D eigenvalue weighted by Crippen LogP contribution is -2.11. The smallest absolute Gasteiger partial charge is 0.123 e. The average Bonchev–Trinajstić information content (AvgIpc) is 3.43. The summed E-state index contributed by atoms with van der Waals surface area (Å²) in [6.07, 6.45) is 1.82. The summed E-state index contributed by atoms with van der Waals surface area (Å²) in [4.78, 5) is 15.4. The summed E-state index contributed by atoms with van der Waals surface area (Å²) in [6, 6.07) is 81.6. The first-order valence-corrected chi connectivity index (χ1v) is 24.1. The second-order valence-corrected chi connectivity index (χ2v) is 18.6. The highest BCUT2D eigenvalue weighted by atomic mass is 19.1. The molecule has 4 nitrogen and oxygen atoms in total. The van der Waals surface area contributed by atoms with Gasteiger partial charge in [-0.15, -0.1) is 0 Å². The van der Waals surface area contributed by atoms with E-state index in [2.05, 4.69) is 216 Å². The van der Waals surface area contributed by atoms with Gasteiger partial charge in [0.1, 0.15) is 5.82 Å². The van der Waals surface area contributed by atoms with Crippen LogP contribution in [0.15, 0.2) is 237 Å². The summed E-state index contributed by atoms with van der Waals surface area (Å²) in [7, 11) is 0. The number of benzene rings is 14. The largest absolute Gasteiger partial charge is 0.310 e. The molecule has 0 aliphatic carbocycles. The molecule has 15 aromatic rings. The first-order chi connectivity index (χ1) is 35.1. The number of aromatic nitrogens is 2. The van der Waals surface area contributed by atoms with Crippen molar-refractivity contribution in [1.82, 2.24) is 9.97 Å². The Bertz CT molecular complexity index is 4590. The lowest BCUT2D eigenvalue weighted by molar-refractivity contribution is 0.628. The van der Waals surface area contributed by atoms with Crippen LogP contribution in [0.4, 0.5) is 38.5 Å². The van der Waals surface area contributed by atoms with Crippen molar-refractivity contribution in [2.45, 2.75) is 0 Å². The van der Waals surface area contributed by atoms with Crippen LogP contribution in [0.25, 0.3) is 108 Å². The molecular formula is C66H39FN4. The molecule has 0 unspecified atom stereocenters. The van der Waals surface area contributed by atoms with Crippen LogP contribution in [0.5, 0.6) is 0 Å². The number of rotatable bonds is 7. The van der Waals surface area contributed by atoms with Crippen molar-refractivity contribution in [2.75, 3.05) is 9.80 Å². The fourth-order valence-electron chi connectivity index (χ4n) is 11.6. The fourth-order valence-corrected chi connectivity index (χ4v) is 11.6. The molecule has 0 fully saturated rings. The maximum absolute atomic E-state index is 14.2. The van der Waals surface area contributed by atoms with E-state index >= 15 is 0 Å². The van der Waals surface area contributed by atoms with Crippen LogP contribution >= 0.6 is 0 Å². The van der Waals surface area contributed by atoms with Crippen LogP contribution in [0.2, 0.25) is 0 Å². The molecule has 14 aromatic carbocycles. The molecule has 0 saturated carbocycles. The highest BCUT2D eigenvalue weighted by Crippen LogP contribution is 2.49. The second-order valence-electron chi connectivity index (χ2n) is 18.6. The van der Waals surface area contributed by atoms with Crippen molar-refractivity contribution in [1.29, 1.82) is 0 Å². The Labute approximate surface area is 407 Å². The van der Waals surface area contributed by atoms with Gasteiger partial charge in [-0.1, -0.05) is 146 Å². The van der Waals surface area contributed by atoms with Crippen molar-refractivity contribution in [3.05, 3.63) is 243 Å². The van der Waals surface area contributed by atoms with Gasteiger partial charge in [0.25, 0.3) is 0 Å². The van der Waals surface area contributed by atoms with Crippen molar-refractivity contribution in [3.8, 4) is 11.3 Å². The van der Waals surface area contributed by atoms with E-state index in [9.17, 15) is 4.39 Å². The Morgan fingerprint density at radius 3 is 1.27 bits per heavy atom. The zero-order valence-corrected chi connectivity index (χ0v) is 38.2. The van der Waals surface area contributed by atoms with Gasteiger partial charge in [0.05, 0.1) is 34.3 Å². The minimum Gasteiger partial charge on any atom is -0.310 e. The van der Waals surface area contributed by atoms with Gasteiger partial charge >= 0.3 is 0 Å². The standard InChI is InChI=1S/C66H39FN4/c67-47-29-27-40(28-30-47)58-39-68-65-52-33-31-50(70(48-17-3-1-4-18-48)59-35-45-15-7-11-41-23-25-43-13-9-21-54(59)63(43)61(41)45)37-56(52)57-38-51(32-34-53(57)66(65)69-58)71(49-19-5-2-6-20-49)60-36-46-16-8-12-42-24-26-44-14-10-22-55(60)64(44)62(42)46/h1-39H. The van der Waals surface area contributed by atoms with E-state index in [0.29, 0.717) is 5.69 Å². The van der Waals surface area contributed by atoms with Crippen LogP contribution in [0.1, 0.15) is 0 Å². The number of fused-ring (bicyclic) bond motifs is 6. The number of hydrogen-bond acceptors (Lipinski definition) is 4. The summed E-state index contributed by atoms with van der Waals surface area (Å²) < 4.78 is 14.2. The van der Waals surface area contributed by atoms with Gasteiger partial charge in [0.2, 0.25) is 0 Å². The third kappa shape index (κ3) is 6.03. The molecule has 0 amide bonds. The van der Waals surface area contributed by atoms with Gasteiger partial charge in [0, 0.05) is 49.9 Å². The Hall–Kier alpha value is -9.45. The van der Waals surface area contributed by atoms with Gasteiger partial charge in [-0.25, -0.2) is 9.37 Å². The number of hydrogen-bond donors (Lipinski definition) is 0. The molecule has 5 heteroatoms. The molecule has 0 aliphatic heterocycles. The normalized spacial score (nSPS) is 12.0. The fraction of sp³-hybridized carbons (Fsp3) is 0. The predicted molar refractivity (Wildman–Crippen MR) is 297 cm³/mol. The molecular weight excluding hydrogens is 868 g/mol. The quantitative estimate of drug-likeness (QED) is 0.149. The highest BCUT2D eigenvalue weighted by molar-refractivity contribution is 6.29. The summed E-state index contributed by atoms with van der Waals surface area (Å²) in [5.41, 5.74) is 9.41. The number of nitrogens with zero attached hydrogens (tertiary/aromatic N) is 4. The van der Waals surface area contributed by atoms with Crippen molar-refractivity contribution in [3.63, 3.8) is 0 Å². The average molecular weight is 907 g/mol. The Morgan fingerprint density at radius 1 is 0.310 bits per heavy atom. The molecule has 0 bridgehead atoms. The maximum Gasteiger partial charge on any atom is 0.123 e. The molecule has 330 valence electrons. The lowest BCUT2D eigenvalue weighted by Gasteiger charge is -2.29. The third-order valence-corrected chi connectivity index (χ3v) is 14.7. The minimum atomic E-state index is -0.291.